The Balaban J connectivity index is 1.57. The number of rotatable bonds is 4. The van der Waals surface area contributed by atoms with Crippen molar-refractivity contribution < 1.29 is 13.9 Å². The second-order valence-corrected chi connectivity index (χ2v) is 4.71. The van der Waals surface area contributed by atoms with Gasteiger partial charge in [-0.15, -0.1) is 0 Å². The molecule has 0 fully saturated rings. The number of fused-ring (bicyclic) bond motifs is 1. The number of hydrogen-bond acceptors (Lipinski definition) is 3. The molecule has 0 atom stereocenters. The minimum atomic E-state index is -0.208. The molecule has 1 aliphatic heterocycles. The van der Waals surface area contributed by atoms with Crippen molar-refractivity contribution in [2.24, 2.45) is 0 Å². The van der Waals surface area contributed by atoms with Crippen molar-refractivity contribution in [1.82, 2.24) is 5.32 Å². The highest BCUT2D eigenvalue weighted by Crippen LogP contribution is 2.30. The van der Waals surface area contributed by atoms with Crippen LogP contribution < -0.4 is 14.8 Å². The molecule has 1 aliphatic rings. The van der Waals surface area contributed by atoms with Crippen molar-refractivity contribution in [3.05, 3.63) is 59.4 Å². The number of benzene rings is 2. The van der Waals surface area contributed by atoms with Gasteiger partial charge in [0.1, 0.15) is 19.0 Å². The molecule has 1 N–H and O–H groups in total. The van der Waals surface area contributed by atoms with E-state index in [2.05, 4.69) is 5.32 Å². The highest BCUT2D eigenvalue weighted by molar-refractivity contribution is 5.43. The van der Waals surface area contributed by atoms with E-state index in [0.29, 0.717) is 19.8 Å². The van der Waals surface area contributed by atoms with Crippen LogP contribution in [0.1, 0.15) is 11.1 Å². The summed E-state index contributed by atoms with van der Waals surface area (Å²) in [5.74, 6) is 1.40. The maximum atomic E-state index is 12.8. The van der Waals surface area contributed by atoms with Crippen LogP contribution in [-0.2, 0) is 13.1 Å². The second kappa shape index (κ2) is 5.92. The third-order valence-corrected chi connectivity index (χ3v) is 3.18. The van der Waals surface area contributed by atoms with Crippen LogP contribution in [0.25, 0.3) is 0 Å². The Morgan fingerprint density at radius 1 is 0.850 bits per heavy atom. The van der Waals surface area contributed by atoms with Gasteiger partial charge in [0.15, 0.2) is 11.5 Å². The van der Waals surface area contributed by atoms with Crippen LogP contribution in [0.4, 0.5) is 4.39 Å². The Morgan fingerprint density at radius 2 is 1.50 bits per heavy atom. The molecule has 104 valence electrons. The standard InChI is InChI=1S/C16H16FNO2/c17-14-4-1-12(2-5-14)10-18-11-13-3-6-15-16(9-13)20-8-7-19-15/h1-6,9,18H,7-8,10-11H2. The number of ether oxygens (including phenoxy) is 2. The van der Waals surface area contributed by atoms with Gasteiger partial charge in [-0.2, -0.15) is 0 Å². The van der Waals surface area contributed by atoms with Crippen LogP contribution in [-0.4, -0.2) is 13.2 Å². The first-order valence-corrected chi connectivity index (χ1v) is 6.65. The van der Waals surface area contributed by atoms with Gasteiger partial charge >= 0.3 is 0 Å². The summed E-state index contributed by atoms with van der Waals surface area (Å²) in [6.07, 6.45) is 0. The van der Waals surface area contributed by atoms with Gasteiger partial charge in [-0.1, -0.05) is 18.2 Å². The third-order valence-electron chi connectivity index (χ3n) is 3.18. The van der Waals surface area contributed by atoms with Gasteiger partial charge in [0.2, 0.25) is 0 Å². The van der Waals surface area contributed by atoms with Crippen molar-refractivity contribution in [1.29, 1.82) is 0 Å². The van der Waals surface area contributed by atoms with E-state index in [4.69, 9.17) is 9.47 Å². The Labute approximate surface area is 117 Å². The van der Waals surface area contributed by atoms with E-state index < -0.39 is 0 Å². The molecule has 0 saturated carbocycles. The van der Waals surface area contributed by atoms with Gasteiger partial charge in [0.05, 0.1) is 0 Å². The van der Waals surface area contributed by atoms with E-state index in [-0.39, 0.29) is 5.82 Å². The quantitative estimate of drug-likeness (QED) is 0.929. The van der Waals surface area contributed by atoms with E-state index >= 15 is 0 Å². The molecule has 0 bridgehead atoms. The smallest absolute Gasteiger partial charge is 0.161 e. The molecule has 1 heterocycles. The molecule has 3 rings (SSSR count). The molecule has 0 unspecified atom stereocenters. The first kappa shape index (κ1) is 12.9. The van der Waals surface area contributed by atoms with Crippen molar-refractivity contribution in [3.8, 4) is 11.5 Å². The topological polar surface area (TPSA) is 30.5 Å². The molecule has 20 heavy (non-hydrogen) atoms. The lowest BCUT2D eigenvalue weighted by Crippen LogP contribution is -2.16. The summed E-state index contributed by atoms with van der Waals surface area (Å²) in [5.41, 5.74) is 2.19. The maximum absolute atomic E-state index is 12.8. The lowest BCUT2D eigenvalue weighted by Gasteiger charge is -2.19. The van der Waals surface area contributed by atoms with Gasteiger partial charge in [-0.25, -0.2) is 4.39 Å². The van der Waals surface area contributed by atoms with Crippen LogP contribution in [0.2, 0.25) is 0 Å². The molecule has 2 aromatic carbocycles. The lowest BCUT2D eigenvalue weighted by molar-refractivity contribution is 0.171. The summed E-state index contributed by atoms with van der Waals surface area (Å²) in [6.45, 7) is 2.64. The maximum Gasteiger partial charge on any atom is 0.161 e. The second-order valence-electron chi connectivity index (χ2n) is 4.71. The molecule has 0 spiro atoms. The summed E-state index contributed by atoms with van der Waals surface area (Å²) >= 11 is 0. The van der Waals surface area contributed by atoms with Crippen molar-refractivity contribution in [2.75, 3.05) is 13.2 Å². The fourth-order valence-electron chi connectivity index (χ4n) is 2.15. The monoisotopic (exact) mass is 273 g/mol. The zero-order chi connectivity index (χ0) is 13.8. The molecule has 3 nitrogen and oxygen atoms in total. The molecule has 0 amide bonds. The summed E-state index contributed by atoms with van der Waals surface area (Å²) in [5, 5.41) is 3.33. The highest BCUT2D eigenvalue weighted by Gasteiger charge is 2.11. The number of nitrogens with one attached hydrogen (secondary N) is 1. The van der Waals surface area contributed by atoms with Gasteiger partial charge in [-0.05, 0) is 35.4 Å². The van der Waals surface area contributed by atoms with E-state index in [1.807, 2.05) is 18.2 Å². The lowest BCUT2D eigenvalue weighted by atomic mass is 10.1. The molecule has 0 aliphatic carbocycles. The fourth-order valence-corrected chi connectivity index (χ4v) is 2.15. The highest BCUT2D eigenvalue weighted by atomic mass is 19.1. The summed E-state index contributed by atoms with van der Waals surface area (Å²) in [4.78, 5) is 0. The summed E-state index contributed by atoms with van der Waals surface area (Å²) in [6, 6.07) is 12.5. The number of halogens is 1. The van der Waals surface area contributed by atoms with Crippen molar-refractivity contribution in [3.63, 3.8) is 0 Å². The van der Waals surface area contributed by atoms with Gasteiger partial charge in [-0.3, -0.25) is 0 Å². The predicted molar refractivity (Wildman–Crippen MR) is 74.4 cm³/mol. The minimum absolute atomic E-state index is 0.208. The first-order valence-electron chi connectivity index (χ1n) is 6.65. The minimum Gasteiger partial charge on any atom is -0.486 e. The van der Waals surface area contributed by atoms with Gasteiger partial charge in [0, 0.05) is 13.1 Å². The van der Waals surface area contributed by atoms with Crippen molar-refractivity contribution in [2.45, 2.75) is 13.1 Å². The molecule has 0 aromatic heterocycles. The average molecular weight is 273 g/mol. The summed E-state index contributed by atoms with van der Waals surface area (Å²) in [7, 11) is 0. The Morgan fingerprint density at radius 3 is 2.30 bits per heavy atom. The number of hydrogen-bond donors (Lipinski definition) is 1. The molecular weight excluding hydrogens is 257 g/mol. The normalized spacial score (nSPS) is 13.2. The largest absolute Gasteiger partial charge is 0.486 e. The summed E-state index contributed by atoms with van der Waals surface area (Å²) < 4.78 is 23.8. The molecule has 0 saturated heterocycles. The van der Waals surface area contributed by atoms with E-state index in [9.17, 15) is 4.39 Å². The van der Waals surface area contributed by atoms with Crippen LogP contribution in [0.5, 0.6) is 11.5 Å². The van der Waals surface area contributed by atoms with Crippen LogP contribution in [0.15, 0.2) is 42.5 Å². The van der Waals surface area contributed by atoms with Crippen LogP contribution >= 0.6 is 0 Å². The SMILES string of the molecule is Fc1ccc(CNCc2ccc3c(c2)OCCO3)cc1. The molecule has 4 heteroatoms. The fraction of sp³-hybridized carbons (Fsp3) is 0.250. The third kappa shape index (κ3) is 3.08. The Hall–Kier alpha value is -2.07. The first-order chi connectivity index (χ1) is 9.81. The molecule has 0 radical (unpaired) electrons. The van der Waals surface area contributed by atoms with Gasteiger partial charge < -0.3 is 14.8 Å². The molecule has 2 aromatic rings. The average Bonchev–Trinajstić information content (AvgIpc) is 2.49. The van der Waals surface area contributed by atoms with E-state index in [1.165, 1.54) is 12.1 Å². The van der Waals surface area contributed by atoms with E-state index in [0.717, 1.165) is 29.2 Å². The van der Waals surface area contributed by atoms with Crippen LogP contribution in [0, 0.1) is 5.82 Å². The molecular formula is C16H16FNO2. The Bertz CT molecular complexity index is 584. The predicted octanol–water partition coefficient (Wildman–Crippen LogP) is 2.89. The van der Waals surface area contributed by atoms with Crippen LogP contribution in [0.3, 0.4) is 0 Å². The van der Waals surface area contributed by atoms with E-state index in [1.54, 1.807) is 12.1 Å². The van der Waals surface area contributed by atoms with Gasteiger partial charge in [0.25, 0.3) is 0 Å². The zero-order valence-electron chi connectivity index (χ0n) is 11.1. The zero-order valence-corrected chi connectivity index (χ0v) is 11.1. The van der Waals surface area contributed by atoms with Crippen molar-refractivity contribution >= 4 is 0 Å². The Kier molecular flexibility index (Phi) is 3.83.